The highest BCUT2D eigenvalue weighted by molar-refractivity contribution is 5.88. The molecule has 0 aromatic heterocycles. The fourth-order valence-corrected chi connectivity index (χ4v) is 2.00. The summed E-state index contributed by atoms with van der Waals surface area (Å²) in [6, 6.07) is 14.3. The van der Waals surface area contributed by atoms with Crippen LogP contribution in [-0.4, -0.2) is 24.0 Å². The molecule has 0 heterocycles. The Kier molecular flexibility index (Phi) is 4.77. The third kappa shape index (κ3) is 3.94. The molecule has 0 amide bonds. The van der Waals surface area contributed by atoms with Crippen molar-refractivity contribution in [3.05, 3.63) is 42.5 Å². The first-order valence-corrected chi connectivity index (χ1v) is 6.72. The van der Waals surface area contributed by atoms with Crippen molar-refractivity contribution < 1.29 is 9.84 Å². The van der Waals surface area contributed by atoms with Gasteiger partial charge in [0.25, 0.3) is 0 Å². The quantitative estimate of drug-likeness (QED) is 0.784. The molecule has 0 spiro atoms. The molecule has 1 atom stereocenters. The summed E-state index contributed by atoms with van der Waals surface area (Å²) in [5.74, 6) is 0.732. The largest absolute Gasteiger partial charge is 0.464 e. The predicted molar refractivity (Wildman–Crippen MR) is 78.3 cm³/mol. The van der Waals surface area contributed by atoms with Crippen molar-refractivity contribution in [2.45, 2.75) is 32.6 Å². The zero-order valence-corrected chi connectivity index (χ0v) is 11.5. The van der Waals surface area contributed by atoms with Gasteiger partial charge in [-0.3, -0.25) is 0 Å². The Hall–Kier alpha value is -1.58. The smallest absolute Gasteiger partial charge is 0.198 e. The minimum atomic E-state index is -0.781. The summed E-state index contributed by atoms with van der Waals surface area (Å²) in [5.41, 5.74) is 0. The third-order valence-electron chi connectivity index (χ3n) is 2.96. The van der Waals surface area contributed by atoms with Gasteiger partial charge in [-0.05, 0) is 11.5 Å². The van der Waals surface area contributed by atoms with Crippen molar-refractivity contribution in [2.24, 2.45) is 0 Å². The third-order valence-corrected chi connectivity index (χ3v) is 2.96. The van der Waals surface area contributed by atoms with Crippen molar-refractivity contribution in [3.8, 4) is 5.75 Å². The molecule has 0 saturated carbocycles. The van der Waals surface area contributed by atoms with Crippen molar-refractivity contribution in [1.29, 1.82) is 0 Å². The van der Waals surface area contributed by atoms with Crippen LogP contribution in [0.1, 0.15) is 20.3 Å². The van der Waals surface area contributed by atoms with Crippen molar-refractivity contribution in [1.82, 2.24) is 5.32 Å². The highest BCUT2D eigenvalue weighted by atomic mass is 16.6. The molecule has 3 nitrogen and oxygen atoms in total. The second kappa shape index (κ2) is 6.55. The summed E-state index contributed by atoms with van der Waals surface area (Å²) in [4.78, 5) is 0. The number of ether oxygens (including phenoxy) is 1. The first-order valence-electron chi connectivity index (χ1n) is 6.72. The van der Waals surface area contributed by atoms with E-state index in [-0.39, 0.29) is 0 Å². The van der Waals surface area contributed by atoms with Crippen LogP contribution >= 0.6 is 0 Å². The second-order valence-corrected chi connectivity index (χ2v) is 4.95. The monoisotopic (exact) mass is 259 g/mol. The fourth-order valence-electron chi connectivity index (χ4n) is 2.00. The lowest BCUT2D eigenvalue weighted by molar-refractivity contribution is -0.0215. The average molecular weight is 259 g/mol. The predicted octanol–water partition coefficient (Wildman–Crippen LogP) is 2.93. The molecule has 3 heteroatoms. The zero-order valence-electron chi connectivity index (χ0n) is 11.5. The lowest BCUT2D eigenvalue weighted by atomic mass is 10.1. The number of hydrogen-bond acceptors (Lipinski definition) is 3. The van der Waals surface area contributed by atoms with Crippen LogP contribution in [0.4, 0.5) is 0 Å². The molecule has 19 heavy (non-hydrogen) atoms. The topological polar surface area (TPSA) is 41.5 Å². The first kappa shape index (κ1) is 13.8. The molecule has 2 N–H and O–H groups in total. The molecule has 0 bridgehead atoms. The second-order valence-electron chi connectivity index (χ2n) is 4.95. The van der Waals surface area contributed by atoms with Crippen LogP contribution in [0.2, 0.25) is 0 Å². The van der Waals surface area contributed by atoms with Crippen LogP contribution in [0.25, 0.3) is 10.8 Å². The standard InChI is InChI=1S/C16H21NO2/c1-12(2)17-11-10-16(18)19-15-9-5-7-13-6-3-4-8-14(13)15/h3-9,12,16-18H,10-11H2,1-2H3. The van der Waals surface area contributed by atoms with Gasteiger partial charge in [-0.2, -0.15) is 0 Å². The summed E-state index contributed by atoms with van der Waals surface area (Å²) in [7, 11) is 0. The Morgan fingerprint density at radius 1 is 1.11 bits per heavy atom. The number of hydrogen-bond donors (Lipinski definition) is 2. The van der Waals surface area contributed by atoms with Crippen LogP contribution in [0.15, 0.2) is 42.5 Å². The van der Waals surface area contributed by atoms with Crippen LogP contribution in [0, 0.1) is 0 Å². The zero-order chi connectivity index (χ0) is 13.7. The van der Waals surface area contributed by atoms with E-state index in [0.29, 0.717) is 12.5 Å². The molecular weight excluding hydrogens is 238 g/mol. The van der Waals surface area contributed by atoms with Gasteiger partial charge in [-0.25, -0.2) is 0 Å². The molecule has 2 aromatic carbocycles. The minimum absolute atomic E-state index is 0.421. The van der Waals surface area contributed by atoms with E-state index in [4.69, 9.17) is 4.74 Å². The van der Waals surface area contributed by atoms with E-state index in [2.05, 4.69) is 19.2 Å². The van der Waals surface area contributed by atoms with Gasteiger partial charge in [0, 0.05) is 24.4 Å². The van der Waals surface area contributed by atoms with E-state index in [9.17, 15) is 5.11 Å². The molecule has 2 aromatic rings. The van der Waals surface area contributed by atoms with Crippen LogP contribution < -0.4 is 10.1 Å². The fraction of sp³-hybridized carbons (Fsp3) is 0.375. The number of fused-ring (bicyclic) bond motifs is 1. The van der Waals surface area contributed by atoms with Crippen LogP contribution in [0.5, 0.6) is 5.75 Å². The highest BCUT2D eigenvalue weighted by Gasteiger charge is 2.08. The molecule has 0 saturated heterocycles. The maximum absolute atomic E-state index is 9.91. The van der Waals surface area contributed by atoms with Gasteiger partial charge in [-0.15, -0.1) is 0 Å². The molecular formula is C16H21NO2. The Balaban J connectivity index is 2.00. The van der Waals surface area contributed by atoms with Gasteiger partial charge in [-0.1, -0.05) is 50.2 Å². The van der Waals surface area contributed by atoms with Crippen molar-refractivity contribution in [2.75, 3.05) is 6.54 Å². The van der Waals surface area contributed by atoms with Crippen molar-refractivity contribution >= 4 is 10.8 Å². The molecule has 0 fully saturated rings. The van der Waals surface area contributed by atoms with E-state index >= 15 is 0 Å². The van der Waals surface area contributed by atoms with Gasteiger partial charge in [0.1, 0.15) is 5.75 Å². The van der Waals surface area contributed by atoms with Crippen molar-refractivity contribution in [3.63, 3.8) is 0 Å². The lowest BCUT2D eigenvalue weighted by Crippen LogP contribution is -2.28. The number of benzene rings is 2. The van der Waals surface area contributed by atoms with Gasteiger partial charge >= 0.3 is 0 Å². The molecule has 1 unspecified atom stereocenters. The Morgan fingerprint density at radius 2 is 1.84 bits per heavy atom. The number of rotatable bonds is 6. The number of nitrogens with one attached hydrogen (secondary N) is 1. The van der Waals surface area contributed by atoms with Gasteiger partial charge in [0.2, 0.25) is 0 Å². The number of aliphatic hydroxyl groups is 1. The maximum Gasteiger partial charge on any atom is 0.198 e. The van der Waals surface area contributed by atoms with E-state index in [1.807, 2.05) is 42.5 Å². The lowest BCUT2D eigenvalue weighted by Gasteiger charge is -2.16. The molecule has 0 radical (unpaired) electrons. The van der Waals surface area contributed by atoms with E-state index in [0.717, 1.165) is 23.1 Å². The van der Waals surface area contributed by atoms with Crippen LogP contribution in [-0.2, 0) is 0 Å². The normalized spacial score (nSPS) is 12.8. The summed E-state index contributed by atoms with van der Waals surface area (Å²) in [5, 5.41) is 15.3. The summed E-state index contributed by atoms with van der Waals surface area (Å²) in [6.45, 7) is 4.90. The van der Waals surface area contributed by atoms with Gasteiger partial charge in [0.05, 0.1) is 0 Å². The highest BCUT2D eigenvalue weighted by Crippen LogP contribution is 2.25. The molecule has 2 rings (SSSR count). The Morgan fingerprint density at radius 3 is 2.63 bits per heavy atom. The summed E-state index contributed by atoms with van der Waals surface area (Å²) in [6.07, 6.45) is -0.210. The minimum Gasteiger partial charge on any atom is -0.464 e. The van der Waals surface area contributed by atoms with E-state index in [1.54, 1.807) is 0 Å². The maximum atomic E-state index is 9.91. The average Bonchev–Trinajstić information content (AvgIpc) is 2.39. The molecule has 0 aliphatic rings. The van der Waals surface area contributed by atoms with E-state index in [1.165, 1.54) is 0 Å². The van der Waals surface area contributed by atoms with Gasteiger partial charge < -0.3 is 15.2 Å². The van der Waals surface area contributed by atoms with Gasteiger partial charge in [0.15, 0.2) is 6.29 Å². The molecule has 0 aliphatic heterocycles. The SMILES string of the molecule is CC(C)NCCC(O)Oc1cccc2ccccc12. The van der Waals surface area contributed by atoms with Crippen LogP contribution in [0.3, 0.4) is 0 Å². The summed E-state index contributed by atoms with van der Waals surface area (Å²) < 4.78 is 5.62. The summed E-state index contributed by atoms with van der Waals surface area (Å²) >= 11 is 0. The number of aliphatic hydroxyl groups excluding tert-OH is 1. The first-order chi connectivity index (χ1) is 9.16. The molecule has 102 valence electrons. The van der Waals surface area contributed by atoms with E-state index < -0.39 is 6.29 Å². The molecule has 0 aliphatic carbocycles. The Bertz CT molecular complexity index is 520. The Labute approximate surface area is 114 Å².